The smallest absolute Gasteiger partial charge is 0.237 e. The molecule has 0 saturated heterocycles. The zero-order valence-corrected chi connectivity index (χ0v) is 12.8. The van der Waals surface area contributed by atoms with Gasteiger partial charge in [0.25, 0.3) is 0 Å². The van der Waals surface area contributed by atoms with E-state index in [1.54, 1.807) is 6.08 Å². The molecule has 22 heavy (non-hydrogen) atoms. The third-order valence-corrected chi connectivity index (χ3v) is 3.93. The Morgan fingerprint density at radius 3 is 2.95 bits per heavy atom. The second-order valence-electron chi connectivity index (χ2n) is 5.63. The summed E-state index contributed by atoms with van der Waals surface area (Å²) in [5.74, 6) is -0.466. The summed E-state index contributed by atoms with van der Waals surface area (Å²) in [7, 11) is 1.47. The van der Waals surface area contributed by atoms with Gasteiger partial charge in [-0.1, -0.05) is 29.9 Å². The van der Waals surface area contributed by atoms with E-state index in [1.165, 1.54) is 18.8 Å². The molecule has 0 saturated carbocycles. The molecule has 0 aliphatic heterocycles. The summed E-state index contributed by atoms with van der Waals surface area (Å²) in [6.45, 7) is 0.370. The summed E-state index contributed by atoms with van der Waals surface area (Å²) in [6.07, 6.45) is 11.6. The Balaban J connectivity index is 1.80. The number of carbonyl (C=O) groups is 1. The minimum Gasteiger partial charge on any atom is -0.374 e. The van der Waals surface area contributed by atoms with Crippen molar-refractivity contribution in [3.8, 4) is 0 Å². The van der Waals surface area contributed by atoms with E-state index < -0.39 is 12.1 Å². The fourth-order valence-electron chi connectivity index (χ4n) is 2.56. The van der Waals surface area contributed by atoms with Gasteiger partial charge in [-0.05, 0) is 30.9 Å². The quantitative estimate of drug-likeness (QED) is 0.791. The van der Waals surface area contributed by atoms with Gasteiger partial charge in [0.05, 0.1) is 6.04 Å². The van der Waals surface area contributed by atoms with E-state index in [-0.39, 0.29) is 11.7 Å². The van der Waals surface area contributed by atoms with Crippen molar-refractivity contribution < 1.29 is 13.9 Å². The van der Waals surface area contributed by atoms with Crippen LogP contribution in [0.15, 0.2) is 47.4 Å². The molecule has 0 fully saturated rings. The number of carbonyl (C=O) groups excluding carboxylic acids is 1. The Morgan fingerprint density at radius 2 is 2.27 bits per heavy atom. The molecule has 0 heterocycles. The first kappa shape index (κ1) is 16.6. The Labute approximate surface area is 130 Å². The molecule has 2 aliphatic carbocycles. The molecule has 3 N–H and O–H groups in total. The normalized spacial score (nSPS) is 22.5. The molecule has 0 bridgehead atoms. The van der Waals surface area contributed by atoms with Gasteiger partial charge in [0.1, 0.15) is 11.9 Å². The van der Waals surface area contributed by atoms with Gasteiger partial charge >= 0.3 is 0 Å². The van der Waals surface area contributed by atoms with Gasteiger partial charge in [-0.2, -0.15) is 0 Å². The van der Waals surface area contributed by atoms with Crippen molar-refractivity contribution in [3.05, 3.63) is 47.4 Å². The van der Waals surface area contributed by atoms with Crippen LogP contribution < -0.4 is 11.1 Å². The second kappa shape index (κ2) is 8.06. The fourth-order valence-corrected chi connectivity index (χ4v) is 2.56. The zero-order valence-electron chi connectivity index (χ0n) is 12.8. The number of nitrogens with two attached hydrogens (primary N) is 1. The lowest BCUT2D eigenvalue weighted by Crippen LogP contribution is -2.41. The van der Waals surface area contributed by atoms with E-state index in [1.807, 2.05) is 12.2 Å². The maximum atomic E-state index is 13.4. The lowest BCUT2D eigenvalue weighted by atomic mass is 9.97. The number of halogens is 1. The number of hydrogen-bond acceptors (Lipinski definition) is 3. The summed E-state index contributed by atoms with van der Waals surface area (Å²) in [4.78, 5) is 12.0. The van der Waals surface area contributed by atoms with E-state index in [4.69, 9.17) is 10.5 Å². The van der Waals surface area contributed by atoms with E-state index in [0.717, 1.165) is 18.4 Å². The van der Waals surface area contributed by atoms with Gasteiger partial charge in [-0.15, -0.1) is 0 Å². The fraction of sp³-hybridized carbons (Fsp3) is 0.471. The van der Waals surface area contributed by atoms with Crippen molar-refractivity contribution in [2.45, 2.75) is 37.8 Å². The molecule has 0 spiro atoms. The topological polar surface area (TPSA) is 64.3 Å². The molecule has 5 heteroatoms. The van der Waals surface area contributed by atoms with Crippen LogP contribution >= 0.6 is 0 Å². The minimum absolute atomic E-state index is 0.180. The van der Waals surface area contributed by atoms with Crippen LogP contribution in [0.2, 0.25) is 0 Å². The third-order valence-electron chi connectivity index (χ3n) is 3.93. The number of allylic oxidation sites excluding steroid dienone is 5. The minimum atomic E-state index is -0.551. The number of amides is 1. The molecular formula is C17H23FN2O2. The van der Waals surface area contributed by atoms with Crippen LogP contribution in [0.25, 0.3) is 0 Å². The Hall–Kier alpha value is -1.72. The first-order valence-electron chi connectivity index (χ1n) is 7.56. The van der Waals surface area contributed by atoms with Crippen molar-refractivity contribution in [2.75, 3.05) is 13.7 Å². The summed E-state index contributed by atoms with van der Waals surface area (Å²) >= 11 is 0. The van der Waals surface area contributed by atoms with Crippen LogP contribution in [-0.4, -0.2) is 31.7 Å². The van der Waals surface area contributed by atoms with Gasteiger partial charge in [0, 0.05) is 20.1 Å². The average molecular weight is 306 g/mol. The van der Waals surface area contributed by atoms with Crippen molar-refractivity contribution in [2.24, 2.45) is 5.73 Å². The highest BCUT2D eigenvalue weighted by Gasteiger charge is 2.20. The van der Waals surface area contributed by atoms with Crippen LogP contribution in [0.3, 0.4) is 0 Å². The molecule has 120 valence electrons. The van der Waals surface area contributed by atoms with Crippen LogP contribution in [0, 0.1) is 0 Å². The van der Waals surface area contributed by atoms with Gasteiger partial charge < -0.3 is 15.8 Å². The molecule has 0 radical (unpaired) electrons. The monoisotopic (exact) mass is 306 g/mol. The Bertz CT molecular complexity index is 535. The zero-order chi connectivity index (χ0) is 15.9. The van der Waals surface area contributed by atoms with E-state index >= 15 is 0 Å². The van der Waals surface area contributed by atoms with Gasteiger partial charge in [-0.25, -0.2) is 4.39 Å². The highest BCUT2D eigenvalue weighted by molar-refractivity contribution is 5.82. The molecule has 2 rings (SSSR count). The highest BCUT2D eigenvalue weighted by atomic mass is 19.1. The van der Waals surface area contributed by atoms with Crippen molar-refractivity contribution >= 4 is 5.91 Å². The Kier molecular flexibility index (Phi) is 6.10. The molecule has 2 atom stereocenters. The summed E-state index contributed by atoms with van der Waals surface area (Å²) in [5.41, 5.74) is 8.07. The molecule has 0 aromatic rings. The van der Waals surface area contributed by atoms with Crippen LogP contribution in [-0.2, 0) is 9.53 Å². The van der Waals surface area contributed by atoms with Crippen LogP contribution in [0.5, 0.6) is 0 Å². The maximum Gasteiger partial charge on any atom is 0.237 e. The lowest BCUT2D eigenvalue weighted by molar-refractivity contribution is -0.122. The van der Waals surface area contributed by atoms with Crippen LogP contribution in [0.4, 0.5) is 4.39 Å². The lowest BCUT2D eigenvalue weighted by Gasteiger charge is -2.20. The maximum absolute atomic E-state index is 13.4. The van der Waals surface area contributed by atoms with E-state index in [0.29, 0.717) is 19.4 Å². The van der Waals surface area contributed by atoms with Gasteiger partial charge in [0.2, 0.25) is 5.91 Å². The summed E-state index contributed by atoms with van der Waals surface area (Å²) < 4.78 is 18.4. The van der Waals surface area contributed by atoms with Crippen molar-refractivity contribution in [1.82, 2.24) is 5.32 Å². The van der Waals surface area contributed by atoms with Gasteiger partial charge in [0.15, 0.2) is 0 Å². The second-order valence-corrected chi connectivity index (χ2v) is 5.63. The predicted octanol–water partition coefficient (Wildman–Crippen LogP) is 2.29. The highest BCUT2D eigenvalue weighted by Crippen LogP contribution is 2.22. The summed E-state index contributed by atoms with van der Waals surface area (Å²) in [5, 5.41) is 2.82. The molecule has 2 aliphatic rings. The largest absolute Gasteiger partial charge is 0.374 e. The number of rotatable bonds is 6. The molecule has 2 unspecified atom stereocenters. The van der Waals surface area contributed by atoms with E-state index in [9.17, 15) is 9.18 Å². The number of methoxy groups -OCH3 is 1. The molecule has 4 nitrogen and oxygen atoms in total. The first-order chi connectivity index (χ1) is 10.6. The molecule has 0 aromatic heterocycles. The number of nitrogens with one attached hydrogen (secondary N) is 1. The SMILES string of the molecule is COC1CC(CNC(=O)C(N)CC2=CC=CCC2)=CC=C1F. The molecular weight excluding hydrogens is 283 g/mol. The Morgan fingerprint density at radius 1 is 1.45 bits per heavy atom. The van der Waals surface area contributed by atoms with Crippen molar-refractivity contribution in [3.63, 3.8) is 0 Å². The van der Waals surface area contributed by atoms with Gasteiger partial charge in [-0.3, -0.25) is 4.79 Å². The number of ether oxygens (including phenoxy) is 1. The molecule has 1 amide bonds. The first-order valence-corrected chi connectivity index (χ1v) is 7.56. The summed E-state index contributed by atoms with van der Waals surface area (Å²) in [6, 6.07) is -0.549. The van der Waals surface area contributed by atoms with Crippen LogP contribution in [0.1, 0.15) is 25.7 Å². The standard InChI is InChI=1S/C17H23FN2O2/c1-22-16-10-13(7-8-14(16)18)11-20-17(21)15(19)9-12-5-3-2-4-6-12/h2-3,5,7-8,15-16H,4,6,9-11,19H2,1H3,(H,20,21). The van der Waals surface area contributed by atoms with Crippen molar-refractivity contribution in [1.29, 1.82) is 0 Å². The average Bonchev–Trinajstić information content (AvgIpc) is 2.54. The molecule has 0 aromatic carbocycles. The third kappa shape index (κ3) is 4.64. The number of hydrogen-bond donors (Lipinski definition) is 2. The van der Waals surface area contributed by atoms with E-state index in [2.05, 4.69) is 11.4 Å². The predicted molar refractivity (Wildman–Crippen MR) is 84.7 cm³/mol.